The molecular formula is C12H4Cl3F4N. The number of hydrogen-bond donors (Lipinski definition) is 0. The fourth-order valence-electron chi connectivity index (χ4n) is 1.61. The van der Waals surface area contributed by atoms with E-state index < -0.39 is 23.3 Å². The molecule has 1 aromatic heterocycles. The molecule has 0 atom stereocenters. The van der Waals surface area contributed by atoms with E-state index in [0.29, 0.717) is 12.3 Å². The Morgan fingerprint density at radius 3 is 2.20 bits per heavy atom. The number of nitrogens with zero attached hydrogens (tertiary/aromatic N) is 1. The molecule has 0 saturated heterocycles. The predicted molar refractivity (Wildman–Crippen MR) is 69.7 cm³/mol. The molecule has 0 fully saturated rings. The van der Waals surface area contributed by atoms with Gasteiger partial charge in [-0.3, -0.25) is 0 Å². The SMILES string of the molecule is Fc1cc(-c2ccc(Cl)c(Cl)c2Cl)c(C(F)(F)F)cn1. The zero-order valence-corrected chi connectivity index (χ0v) is 11.7. The minimum atomic E-state index is -4.70. The van der Waals surface area contributed by atoms with Gasteiger partial charge in [-0.15, -0.1) is 0 Å². The van der Waals surface area contributed by atoms with Gasteiger partial charge in [0, 0.05) is 23.4 Å². The van der Waals surface area contributed by atoms with E-state index in [4.69, 9.17) is 34.8 Å². The van der Waals surface area contributed by atoms with Gasteiger partial charge < -0.3 is 0 Å². The van der Waals surface area contributed by atoms with E-state index in [1.807, 2.05) is 0 Å². The molecule has 0 unspecified atom stereocenters. The molecule has 2 rings (SSSR count). The molecule has 0 amide bonds. The second-order valence-corrected chi connectivity index (χ2v) is 4.94. The highest BCUT2D eigenvalue weighted by Gasteiger charge is 2.35. The fourth-order valence-corrected chi connectivity index (χ4v) is 2.25. The number of hydrogen-bond acceptors (Lipinski definition) is 1. The Balaban J connectivity index is 2.76. The lowest BCUT2D eigenvalue weighted by Crippen LogP contribution is -2.08. The summed E-state index contributed by atoms with van der Waals surface area (Å²) >= 11 is 17.4. The summed E-state index contributed by atoms with van der Waals surface area (Å²) in [6, 6.07) is 3.17. The third kappa shape index (κ3) is 2.85. The van der Waals surface area contributed by atoms with Crippen LogP contribution >= 0.6 is 34.8 Å². The molecule has 0 saturated carbocycles. The highest BCUT2D eigenvalue weighted by atomic mass is 35.5. The van der Waals surface area contributed by atoms with Gasteiger partial charge in [0.25, 0.3) is 0 Å². The van der Waals surface area contributed by atoms with Crippen molar-refractivity contribution in [3.8, 4) is 11.1 Å². The smallest absolute Gasteiger partial charge is 0.228 e. The van der Waals surface area contributed by atoms with Crippen LogP contribution in [0.25, 0.3) is 11.1 Å². The van der Waals surface area contributed by atoms with Gasteiger partial charge in [-0.2, -0.15) is 17.6 Å². The van der Waals surface area contributed by atoms with E-state index >= 15 is 0 Å². The monoisotopic (exact) mass is 343 g/mol. The first-order valence-electron chi connectivity index (χ1n) is 5.08. The molecule has 1 aromatic carbocycles. The van der Waals surface area contributed by atoms with E-state index in [2.05, 4.69) is 4.98 Å². The molecule has 0 bridgehead atoms. The van der Waals surface area contributed by atoms with E-state index in [0.717, 1.165) is 0 Å². The molecule has 0 aliphatic rings. The third-order valence-corrected chi connectivity index (χ3v) is 3.79. The molecule has 0 radical (unpaired) electrons. The van der Waals surface area contributed by atoms with Gasteiger partial charge in [0.05, 0.1) is 20.6 Å². The average molecular weight is 345 g/mol. The maximum Gasteiger partial charge on any atom is 0.418 e. The quantitative estimate of drug-likeness (QED) is 0.358. The van der Waals surface area contributed by atoms with Crippen LogP contribution in [0.3, 0.4) is 0 Å². The van der Waals surface area contributed by atoms with E-state index in [1.165, 1.54) is 12.1 Å². The second-order valence-electron chi connectivity index (χ2n) is 3.77. The zero-order chi connectivity index (χ0) is 15.1. The lowest BCUT2D eigenvalue weighted by atomic mass is 10.0. The van der Waals surface area contributed by atoms with Crippen molar-refractivity contribution in [1.82, 2.24) is 4.98 Å². The summed E-state index contributed by atoms with van der Waals surface area (Å²) in [5.41, 5.74) is -1.64. The summed E-state index contributed by atoms with van der Waals surface area (Å²) < 4.78 is 51.9. The van der Waals surface area contributed by atoms with Crippen LogP contribution in [0, 0.1) is 5.95 Å². The van der Waals surface area contributed by atoms with Crippen molar-refractivity contribution in [3.05, 3.63) is 51.0 Å². The van der Waals surface area contributed by atoms with Crippen LogP contribution in [0.4, 0.5) is 17.6 Å². The van der Waals surface area contributed by atoms with Crippen molar-refractivity contribution < 1.29 is 17.6 Å². The minimum absolute atomic E-state index is 0.0744. The maximum absolute atomic E-state index is 13.2. The molecule has 1 nitrogen and oxygen atoms in total. The van der Waals surface area contributed by atoms with Crippen LogP contribution in [0.2, 0.25) is 15.1 Å². The van der Waals surface area contributed by atoms with Crippen LogP contribution < -0.4 is 0 Å². The Hall–Kier alpha value is -1.04. The van der Waals surface area contributed by atoms with Crippen LogP contribution in [0.1, 0.15) is 5.56 Å². The van der Waals surface area contributed by atoms with Crippen molar-refractivity contribution in [2.24, 2.45) is 0 Å². The number of halogens is 7. The van der Waals surface area contributed by atoms with Gasteiger partial charge in [0.1, 0.15) is 0 Å². The lowest BCUT2D eigenvalue weighted by Gasteiger charge is -2.14. The summed E-state index contributed by atoms with van der Waals surface area (Å²) in [5.74, 6) is -1.06. The molecule has 0 aliphatic heterocycles. The zero-order valence-electron chi connectivity index (χ0n) is 9.40. The van der Waals surface area contributed by atoms with Gasteiger partial charge in [-0.05, 0) is 6.07 Å². The summed E-state index contributed by atoms with van der Waals surface area (Å²) in [7, 11) is 0. The lowest BCUT2D eigenvalue weighted by molar-refractivity contribution is -0.137. The van der Waals surface area contributed by atoms with Crippen molar-refractivity contribution in [3.63, 3.8) is 0 Å². The maximum atomic E-state index is 13.2. The van der Waals surface area contributed by atoms with Crippen LogP contribution in [0.15, 0.2) is 24.4 Å². The Bertz CT molecular complexity index is 670. The van der Waals surface area contributed by atoms with Crippen LogP contribution in [-0.2, 0) is 6.18 Å². The standard InChI is InChI=1S/C12H4Cl3F4N/c13-8-2-1-5(10(14)11(8)15)6-3-9(16)20-4-7(6)12(17,18)19/h1-4H. The number of pyridine rings is 1. The Labute approximate surface area is 126 Å². The van der Waals surface area contributed by atoms with Crippen molar-refractivity contribution in [2.75, 3.05) is 0 Å². The number of aromatic nitrogens is 1. The number of benzene rings is 1. The molecule has 106 valence electrons. The summed E-state index contributed by atoms with van der Waals surface area (Å²) in [5, 5.41) is -0.199. The molecule has 0 N–H and O–H groups in total. The summed E-state index contributed by atoms with van der Waals surface area (Å²) in [4.78, 5) is 3.01. The van der Waals surface area contributed by atoms with Gasteiger partial charge in [0.15, 0.2) is 0 Å². The number of rotatable bonds is 1. The van der Waals surface area contributed by atoms with E-state index in [1.54, 1.807) is 0 Å². The predicted octanol–water partition coefficient (Wildman–Crippen LogP) is 5.87. The Morgan fingerprint density at radius 1 is 0.950 bits per heavy atom. The Kier molecular flexibility index (Phi) is 4.14. The van der Waals surface area contributed by atoms with Crippen molar-refractivity contribution in [1.29, 1.82) is 0 Å². The van der Waals surface area contributed by atoms with Gasteiger partial charge in [-0.25, -0.2) is 4.98 Å². The molecule has 0 spiro atoms. The summed E-state index contributed by atoms with van der Waals surface area (Å²) in [6.45, 7) is 0. The van der Waals surface area contributed by atoms with Gasteiger partial charge in [-0.1, -0.05) is 40.9 Å². The van der Waals surface area contributed by atoms with Crippen LogP contribution in [-0.4, -0.2) is 4.98 Å². The molecule has 0 aliphatic carbocycles. The first-order chi connectivity index (χ1) is 9.21. The van der Waals surface area contributed by atoms with Crippen molar-refractivity contribution in [2.45, 2.75) is 6.18 Å². The Morgan fingerprint density at radius 2 is 1.60 bits per heavy atom. The fraction of sp³-hybridized carbons (Fsp3) is 0.0833. The average Bonchev–Trinajstić information content (AvgIpc) is 2.34. The van der Waals surface area contributed by atoms with Gasteiger partial charge >= 0.3 is 6.18 Å². The molecule has 2 aromatic rings. The minimum Gasteiger partial charge on any atom is -0.228 e. The van der Waals surface area contributed by atoms with Crippen LogP contribution in [0.5, 0.6) is 0 Å². The first kappa shape index (κ1) is 15.4. The van der Waals surface area contributed by atoms with Gasteiger partial charge in [0.2, 0.25) is 5.95 Å². The number of alkyl halides is 3. The highest BCUT2D eigenvalue weighted by molar-refractivity contribution is 6.49. The molecule has 1 heterocycles. The molecule has 8 heteroatoms. The highest BCUT2D eigenvalue weighted by Crippen LogP contribution is 2.43. The summed E-state index contributed by atoms with van der Waals surface area (Å²) in [6.07, 6.45) is -4.30. The second kappa shape index (κ2) is 5.39. The van der Waals surface area contributed by atoms with E-state index in [9.17, 15) is 17.6 Å². The normalized spacial score (nSPS) is 11.8. The largest absolute Gasteiger partial charge is 0.418 e. The molecule has 20 heavy (non-hydrogen) atoms. The third-order valence-electron chi connectivity index (χ3n) is 2.50. The van der Waals surface area contributed by atoms with Crippen molar-refractivity contribution >= 4 is 34.8 Å². The molecular weight excluding hydrogens is 340 g/mol. The van der Waals surface area contributed by atoms with E-state index in [-0.39, 0.29) is 20.6 Å². The first-order valence-corrected chi connectivity index (χ1v) is 6.22. The topological polar surface area (TPSA) is 12.9 Å².